The Hall–Kier alpha value is -5.05. The molecule has 0 saturated carbocycles. The molecule has 4 aromatic heterocycles. The Balaban J connectivity index is 0.00000289. The van der Waals surface area contributed by atoms with Crippen LogP contribution >= 0.6 is 0 Å². The largest absolute Gasteiger partial charge is 2.00 e. The Bertz CT molecular complexity index is 2490. The van der Waals surface area contributed by atoms with Gasteiger partial charge in [0.1, 0.15) is 5.65 Å². The quantitative estimate of drug-likeness (QED) is 0.170. The van der Waals surface area contributed by atoms with Crippen molar-refractivity contribution in [2.45, 2.75) is 6.92 Å². The smallest absolute Gasteiger partial charge is 0.656 e. The van der Waals surface area contributed by atoms with Crippen molar-refractivity contribution in [3.8, 4) is 28.2 Å². The van der Waals surface area contributed by atoms with E-state index in [9.17, 15) is 0 Å². The monoisotopic (exact) mass is 743 g/mol. The van der Waals surface area contributed by atoms with Crippen LogP contribution in [0.15, 0.2) is 128 Å². The van der Waals surface area contributed by atoms with Crippen LogP contribution in [0.25, 0.3) is 82.7 Å². The number of fused-ring (bicyclic) bond motifs is 7. The van der Waals surface area contributed by atoms with Crippen molar-refractivity contribution in [1.29, 1.82) is 0 Å². The maximum Gasteiger partial charge on any atom is 2.00 e. The van der Waals surface area contributed by atoms with Gasteiger partial charge < -0.3 is 9.55 Å². The Morgan fingerprint density at radius 1 is 0.682 bits per heavy atom. The molecule has 0 aliphatic rings. The Morgan fingerprint density at radius 2 is 1.45 bits per heavy atom. The fourth-order valence-electron chi connectivity index (χ4n) is 6.53. The minimum absolute atomic E-state index is 0. The van der Waals surface area contributed by atoms with Crippen molar-refractivity contribution in [2.24, 2.45) is 0 Å². The summed E-state index contributed by atoms with van der Waals surface area (Å²) in [5, 5.41) is 6.85. The summed E-state index contributed by atoms with van der Waals surface area (Å²) >= 11 is 0. The second-order valence-electron chi connectivity index (χ2n) is 11.1. The molecule has 0 amide bonds. The van der Waals surface area contributed by atoms with Crippen molar-refractivity contribution < 1.29 is 21.1 Å². The normalized spacial score (nSPS) is 11.6. The van der Waals surface area contributed by atoms with Crippen LogP contribution in [0.4, 0.5) is 0 Å². The molecule has 0 aliphatic carbocycles. The van der Waals surface area contributed by atoms with Crippen LogP contribution in [0.2, 0.25) is 0 Å². The summed E-state index contributed by atoms with van der Waals surface area (Å²) in [6.07, 6.45) is 1.85. The number of nitrogens with zero attached hydrogens (tertiary/aromatic N) is 4. The first-order valence-electron chi connectivity index (χ1n) is 14.5. The van der Waals surface area contributed by atoms with Gasteiger partial charge in [-0.15, -0.1) is 40.9 Å². The molecule has 9 rings (SSSR count). The second-order valence-corrected chi connectivity index (χ2v) is 11.1. The number of rotatable bonds is 3. The SMILES string of the molecule is Cc1cc(-c2cc3ccccc3c(-c3[c-]c(-n4c5ccccc5c5cccnc54)ccc3)n2)c2[n-]c3ccccc3c2c1.[Pt+2]. The van der Waals surface area contributed by atoms with Gasteiger partial charge >= 0.3 is 21.1 Å². The van der Waals surface area contributed by atoms with Gasteiger partial charge in [0, 0.05) is 17.0 Å². The molecule has 4 heterocycles. The number of hydrogen-bond acceptors (Lipinski definition) is 2. The first-order chi connectivity index (χ1) is 21.2. The van der Waals surface area contributed by atoms with E-state index in [0.717, 1.165) is 71.9 Å². The van der Waals surface area contributed by atoms with E-state index in [1.165, 1.54) is 16.3 Å². The number of para-hydroxylation sites is 2. The molecular formula is C39H24N4Pt. The number of pyridine rings is 2. The zero-order valence-corrected chi connectivity index (χ0v) is 26.0. The minimum atomic E-state index is 0. The van der Waals surface area contributed by atoms with Gasteiger partial charge in [-0.1, -0.05) is 78.9 Å². The third kappa shape index (κ3) is 4.02. The van der Waals surface area contributed by atoms with Gasteiger partial charge in [0.2, 0.25) is 0 Å². The summed E-state index contributed by atoms with van der Waals surface area (Å²) in [6, 6.07) is 46.0. The summed E-state index contributed by atoms with van der Waals surface area (Å²) in [4.78, 5) is 15.2. The van der Waals surface area contributed by atoms with Gasteiger partial charge in [-0.3, -0.25) is 4.98 Å². The van der Waals surface area contributed by atoms with Crippen LogP contribution < -0.4 is 4.98 Å². The molecule has 0 unspecified atom stereocenters. The molecule has 4 nitrogen and oxygen atoms in total. The molecule has 0 fully saturated rings. The summed E-state index contributed by atoms with van der Waals surface area (Å²) in [7, 11) is 0. The molecule has 0 aliphatic heterocycles. The molecule has 0 N–H and O–H groups in total. The Kier molecular flexibility index (Phi) is 6.21. The van der Waals surface area contributed by atoms with Crippen molar-refractivity contribution in [3.63, 3.8) is 0 Å². The van der Waals surface area contributed by atoms with E-state index in [-0.39, 0.29) is 21.1 Å². The maximum atomic E-state index is 5.35. The summed E-state index contributed by atoms with van der Waals surface area (Å²) in [5.74, 6) is 0. The summed E-state index contributed by atoms with van der Waals surface area (Å²) in [5.41, 5.74) is 9.90. The van der Waals surface area contributed by atoms with Crippen molar-refractivity contribution in [2.75, 3.05) is 0 Å². The van der Waals surface area contributed by atoms with E-state index in [4.69, 9.17) is 15.0 Å². The van der Waals surface area contributed by atoms with E-state index in [1.807, 2.05) is 18.3 Å². The van der Waals surface area contributed by atoms with Crippen molar-refractivity contribution in [1.82, 2.24) is 19.5 Å². The fraction of sp³-hybridized carbons (Fsp3) is 0.0256. The molecule has 44 heavy (non-hydrogen) atoms. The fourth-order valence-corrected chi connectivity index (χ4v) is 6.53. The number of aromatic nitrogens is 4. The molecule has 9 aromatic rings. The van der Waals surface area contributed by atoms with Gasteiger partial charge in [0.15, 0.2) is 0 Å². The second kappa shape index (κ2) is 10.3. The standard InChI is InChI=1S/C39H24N4.Pt/c1-24-20-32-29-14-4-6-17-34(29)41-38(32)33(21-24)35-23-25-10-2-3-13-28(25)37(42-35)26-11-8-12-27(22-26)43-36-18-7-5-15-30(36)31-16-9-19-40-39(31)43;/h2-21,23H,1H3;/q-2;+2. The van der Waals surface area contributed by atoms with Gasteiger partial charge in [-0.05, 0) is 75.2 Å². The molecular weight excluding hydrogens is 720 g/mol. The first kappa shape index (κ1) is 26.6. The number of aryl methyl sites for hydroxylation is 1. The van der Waals surface area contributed by atoms with Crippen LogP contribution in [0.3, 0.4) is 0 Å². The third-order valence-corrected chi connectivity index (χ3v) is 8.41. The molecule has 0 saturated heterocycles. The van der Waals surface area contributed by atoms with E-state index in [1.54, 1.807) is 0 Å². The molecule has 0 bridgehead atoms. The van der Waals surface area contributed by atoms with Crippen molar-refractivity contribution >= 4 is 54.5 Å². The Labute approximate surface area is 268 Å². The average Bonchev–Trinajstić information content (AvgIpc) is 3.60. The molecule has 5 heteroatoms. The van der Waals surface area contributed by atoms with E-state index >= 15 is 0 Å². The van der Waals surface area contributed by atoms with Crippen LogP contribution in [-0.4, -0.2) is 14.5 Å². The van der Waals surface area contributed by atoms with Crippen molar-refractivity contribution in [3.05, 3.63) is 139 Å². The van der Waals surface area contributed by atoms with E-state index in [2.05, 4.69) is 127 Å². The van der Waals surface area contributed by atoms with Gasteiger partial charge in [0.05, 0.1) is 11.2 Å². The maximum absolute atomic E-state index is 5.35. The number of benzene rings is 5. The zero-order chi connectivity index (χ0) is 28.5. The first-order valence-corrected chi connectivity index (χ1v) is 14.5. The van der Waals surface area contributed by atoms with Crippen LogP contribution in [-0.2, 0) is 21.1 Å². The zero-order valence-electron chi connectivity index (χ0n) is 23.7. The number of hydrogen-bond donors (Lipinski definition) is 0. The predicted octanol–water partition coefficient (Wildman–Crippen LogP) is 9.43. The predicted molar refractivity (Wildman–Crippen MR) is 177 cm³/mol. The minimum Gasteiger partial charge on any atom is -0.656 e. The molecule has 5 aromatic carbocycles. The van der Waals surface area contributed by atoms with E-state index < -0.39 is 0 Å². The molecule has 0 spiro atoms. The summed E-state index contributed by atoms with van der Waals surface area (Å²) in [6.45, 7) is 2.14. The summed E-state index contributed by atoms with van der Waals surface area (Å²) < 4.78 is 2.20. The third-order valence-electron chi connectivity index (χ3n) is 8.41. The van der Waals surface area contributed by atoms with Gasteiger partial charge in [0.25, 0.3) is 0 Å². The molecule has 210 valence electrons. The van der Waals surface area contributed by atoms with Gasteiger partial charge in [-0.25, -0.2) is 4.98 Å². The average molecular weight is 744 g/mol. The Morgan fingerprint density at radius 3 is 2.36 bits per heavy atom. The van der Waals surface area contributed by atoms with Crippen LogP contribution in [0.1, 0.15) is 5.56 Å². The molecule has 0 atom stereocenters. The van der Waals surface area contributed by atoms with Crippen LogP contribution in [0, 0.1) is 13.0 Å². The van der Waals surface area contributed by atoms with Gasteiger partial charge in [-0.2, -0.15) is 0 Å². The van der Waals surface area contributed by atoms with E-state index in [0.29, 0.717) is 0 Å². The molecule has 0 radical (unpaired) electrons. The van der Waals surface area contributed by atoms with Crippen LogP contribution in [0.5, 0.6) is 0 Å². The topological polar surface area (TPSA) is 44.8 Å².